The molecule has 21 heavy (non-hydrogen) atoms. The Morgan fingerprint density at radius 3 is 2.48 bits per heavy atom. The minimum atomic E-state index is -1.34. The SMILES string of the molecule is O=C(Cc1ccccc1O)Nc1c(F)cccc1C(=O)O. The lowest BCUT2D eigenvalue weighted by molar-refractivity contribution is -0.115. The molecule has 0 aromatic heterocycles. The fraction of sp³-hybridized carbons (Fsp3) is 0.0667. The third-order valence-corrected chi connectivity index (χ3v) is 2.85. The molecule has 5 nitrogen and oxygen atoms in total. The van der Waals surface area contributed by atoms with E-state index in [9.17, 15) is 19.1 Å². The molecule has 2 rings (SSSR count). The molecule has 0 atom stereocenters. The second-order valence-corrected chi connectivity index (χ2v) is 4.32. The molecule has 0 unspecified atom stereocenters. The monoisotopic (exact) mass is 289 g/mol. The van der Waals surface area contributed by atoms with E-state index < -0.39 is 17.7 Å². The van der Waals surface area contributed by atoms with Gasteiger partial charge in [-0.15, -0.1) is 0 Å². The Balaban J connectivity index is 2.21. The van der Waals surface area contributed by atoms with E-state index in [2.05, 4.69) is 5.32 Å². The van der Waals surface area contributed by atoms with Gasteiger partial charge in [-0.2, -0.15) is 0 Å². The summed E-state index contributed by atoms with van der Waals surface area (Å²) in [4.78, 5) is 22.9. The first kappa shape index (κ1) is 14.5. The highest BCUT2D eigenvalue weighted by molar-refractivity contribution is 6.01. The van der Waals surface area contributed by atoms with Crippen LogP contribution in [0.3, 0.4) is 0 Å². The van der Waals surface area contributed by atoms with Crippen molar-refractivity contribution in [3.05, 3.63) is 59.4 Å². The molecule has 0 heterocycles. The van der Waals surface area contributed by atoms with Crippen molar-refractivity contribution in [3.8, 4) is 5.75 Å². The Labute approximate surface area is 119 Å². The van der Waals surface area contributed by atoms with Crippen molar-refractivity contribution >= 4 is 17.6 Å². The zero-order valence-corrected chi connectivity index (χ0v) is 10.8. The van der Waals surface area contributed by atoms with Crippen LogP contribution < -0.4 is 5.32 Å². The Morgan fingerprint density at radius 1 is 1.10 bits per heavy atom. The van der Waals surface area contributed by atoms with Crippen LogP contribution in [0.25, 0.3) is 0 Å². The predicted octanol–water partition coefficient (Wildman–Crippen LogP) is 2.41. The van der Waals surface area contributed by atoms with Gasteiger partial charge in [-0.05, 0) is 18.2 Å². The molecule has 0 aliphatic rings. The molecule has 1 amide bonds. The zero-order chi connectivity index (χ0) is 15.4. The van der Waals surface area contributed by atoms with Crippen molar-refractivity contribution in [2.45, 2.75) is 6.42 Å². The summed E-state index contributed by atoms with van der Waals surface area (Å²) in [6.07, 6.45) is -0.194. The average Bonchev–Trinajstić information content (AvgIpc) is 2.43. The van der Waals surface area contributed by atoms with Gasteiger partial charge in [0, 0.05) is 5.56 Å². The molecule has 0 saturated carbocycles. The first-order valence-electron chi connectivity index (χ1n) is 6.07. The van der Waals surface area contributed by atoms with Gasteiger partial charge >= 0.3 is 5.97 Å². The fourth-order valence-corrected chi connectivity index (χ4v) is 1.85. The number of phenols is 1. The summed E-state index contributed by atoms with van der Waals surface area (Å²) in [6.45, 7) is 0. The maximum absolute atomic E-state index is 13.7. The summed E-state index contributed by atoms with van der Waals surface area (Å²) < 4.78 is 13.7. The summed E-state index contributed by atoms with van der Waals surface area (Å²) in [5.41, 5.74) is -0.353. The molecule has 0 spiro atoms. The summed E-state index contributed by atoms with van der Waals surface area (Å²) >= 11 is 0. The molecule has 0 bridgehead atoms. The molecular formula is C15H12FNO4. The minimum absolute atomic E-state index is 0.0559. The second kappa shape index (κ2) is 6.04. The van der Waals surface area contributed by atoms with E-state index >= 15 is 0 Å². The molecule has 0 aliphatic heterocycles. The molecule has 2 aromatic carbocycles. The average molecular weight is 289 g/mol. The summed E-state index contributed by atoms with van der Waals surface area (Å²) in [7, 11) is 0. The number of carboxylic acids is 1. The van der Waals surface area contributed by atoms with Gasteiger partial charge in [-0.3, -0.25) is 4.79 Å². The van der Waals surface area contributed by atoms with E-state index in [1.807, 2.05) is 0 Å². The number of aromatic carboxylic acids is 1. The summed E-state index contributed by atoms with van der Waals surface area (Å²) in [6, 6.07) is 9.73. The lowest BCUT2D eigenvalue weighted by Gasteiger charge is -2.10. The molecule has 0 fully saturated rings. The van der Waals surface area contributed by atoms with Gasteiger partial charge in [0.15, 0.2) is 0 Å². The van der Waals surface area contributed by atoms with Gasteiger partial charge in [-0.1, -0.05) is 24.3 Å². The zero-order valence-electron chi connectivity index (χ0n) is 10.8. The molecule has 108 valence electrons. The largest absolute Gasteiger partial charge is 0.508 e. The number of aromatic hydroxyl groups is 1. The van der Waals surface area contributed by atoms with Gasteiger partial charge in [0.25, 0.3) is 0 Å². The van der Waals surface area contributed by atoms with Crippen molar-refractivity contribution < 1.29 is 24.2 Å². The van der Waals surface area contributed by atoms with Crippen LogP contribution in [0, 0.1) is 5.82 Å². The van der Waals surface area contributed by atoms with Crippen molar-refractivity contribution in [3.63, 3.8) is 0 Å². The number of carboxylic acid groups (broad SMARTS) is 1. The number of carbonyl (C=O) groups is 2. The summed E-state index contributed by atoms with van der Waals surface area (Å²) in [5.74, 6) is -2.85. The predicted molar refractivity (Wildman–Crippen MR) is 73.8 cm³/mol. The fourth-order valence-electron chi connectivity index (χ4n) is 1.85. The van der Waals surface area contributed by atoms with Crippen LogP contribution in [0.4, 0.5) is 10.1 Å². The number of hydrogen-bond acceptors (Lipinski definition) is 3. The Bertz CT molecular complexity index is 700. The number of nitrogens with one attached hydrogen (secondary N) is 1. The highest BCUT2D eigenvalue weighted by Crippen LogP contribution is 2.21. The second-order valence-electron chi connectivity index (χ2n) is 4.32. The Kier molecular flexibility index (Phi) is 4.18. The van der Waals surface area contributed by atoms with Crippen molar-refractivity contribution in [2.75, 3.05) is 5.32 Å². The molecular weight excluding hydrogens is 277 g/mol. The lowest BCUT2D eigenvalue weighted by Crippen LogP contribution is -2.18. The van der Waals surface area contributed by atoms with Crippen LogP contribution in [0.1, 0.15) is 15.9 Å². The molecule has 2 aromatic rings. The Hall–Kier alpha value is -2.89. The number of anilines is 1. The maximum Gasteiger partial charge on any atom is 0.337 e. The van der Waals surface area contributed by atoms with E-state index in [0.29, 0.717) is 5.56 Å². The van der Waals surface area contributed by atoms with Gasteiger partial charge in [-0.25, -0.2) is 9.18 Å². The number of rotatable bonds is 4. The topological polar surface area (TPSA) is 86.6 Å². The van der Waals surface area contributed by atoms with Gasteiger partial charge in [0.05, 0.1) is 17.7 Å². The van der Waals surface area contributed by atoms with Crippen molar-refractivity contribution in [2.24, 2.45) is 0 Å². The third-order valence-electron chi connectivity index (χ3n) is 2.85. The first-order valence-corrected chi connectivity index (χ1v) is 6.07. The highest BCUT2D eigenvalue weighted by Gasteiger charge is 2.17. The van der Waals surface area contributed by atoms with E-state index in [1.165, 1.54) is 18.2 Å². The molecule has 0 aliphatic carbocycles. The van der Waals surface area contributed by atoms with Crippen LogP contribution >= 0.6 is 0 Å². The van der Waals surface area contributed by atoms with Gasteiger partial charge in [0.1, 0.15) is 11.6 Å². The normalized spacial score (nSPS) is 10.1. The molecule has 6 heteroatoms. The third kappa shape index (κ3) is 3.36. The molecule has 0 saturated heterocycles. The van der Waals surface area contributed by atoms with Crippen LogP contribution in [-0.4, -0.2) is 22.1 Å². The van der Waals surface area contributed by atoms with E-state index in [-0.39, 0.29) is 23.4 Å². The number of benzene rings is 2. The van der Waals surface area contributed by atoms with Crippen LogP contribution in [0.15, 0.2) is 42.5 Å². The number of halogens is 1. The Morgan fingerprint density at radius 2 is 1.81 bits per heavy atom. The standard InChI is InChI=1S/C15H12FNO4/c16-11-6-3-5-10(15(20)21)14(11)17-13(19)8-9-4-1-2-7-12(9)18/h1-7,18H,8H2,(H,17,19)(H,20,21). The first-order chi connectivity index (χ1) is 9.99. The highest BCUT2D eigenvalue weighted by atomic mass is 19.1. The van der Waals surface area contributed by atoms with Crippen LogP contribution in [-0.2, 0) is 11.2 Å². The van der Waals surface area contributed by atoms with Crippen LogP contribution in [0.5, 0.6) is 5.75 Å². The number of para-hydroxylation sites is 2. The van der Waals surface area contributed by atoms with Crippen LogP contribution in [0.2, 0.25) is 0 Å². The van der Waals surface area contributed by atoms with E-state index in [4.69, 9.17) is 5.11 Å². The van der Waals surface area contributed by atoms with Gasteiger partial charge in [0.2, 0.25) is 5.91 Å². The molecule has 3 N–H and O–H groups in total. The quantitative estimate of drug-likeness (QED) is 0.806. The smallest absolute Gasteiger partial charge is 0.337 e. The van der Waals surface area contributed by atoms with E-state index in [1.54, 1.807) is 18.2 Å². The number of amides is 1. The minimum Gasteiger partial charge on any atom is -0.508 e. The number of carbonyl (C=O) groups excluding carboxylic acids is 1. The van der Waals surface area contributed by atoms with Gasteiger partial charge < -0.3 is 15.5 Å². The number of hydrogen-bond donors (Lipinski definition) is 3. The maximum atomic E-state index is 13.7. The lowest BCUT2D eigenvalue weighted by atomic mass is 10.1. The number of phenolic OH excluding ortho intramolecular Hbond substituents is 1. The van der Waals surface area contributed by atoms with E-state index in [0.717, 1.165) is 6.07 Å². The molecule has 0 radical (unpaired) electrons. The van der Waals surface area contributed by atoms with Crippen molar-refractivity contribution in [1.29, 1.82) is 0 Å². The van der Waals surface area contributed by atoms with Crippen molar-refractivity contribution in [1.82, 2.24) is 0 Å². The summed E-state index contributed by atoms with van der Waals surface area (Å²) in [5, 5.41) is 20.8.